The molecule has 0 heterocycles. The van der Waals surface area contributed by atoms with Crippen molar-refractivity contribution in [3.63, 3.8) is 0 Å². The Bertz CT molecular complexity index is 752. The number of methoxy groups -OCH3 is 2. The van der Waals surface area contributed by atoms with Gasteiger partial charge in [0.2, 0.25) is 0 Å². The van der Waals surface area contributed by atoms with E-state index in [1.54, 1.807) is 38.4 Å². The summed E-state index contributed by atoms with van der Waals surface area (Å²) in [7, 11) is 4.60. The second-order valence-corrected chi connectivity index (χ2v) is 5.66. The molecule has 0 spiro atoms. The van der Waals surface area contributed by atoms with E-state index < -0.39 is 6.61 Å². The molecule has 2 rings (SSSR count). The van der Waals surface area contributed by atoms with Gasteiger partial charge in [-0.1, -0.05) is 18.2 Å². The van der Waals surface area contributed by atoms with E-state index in [0.717, 1.165) is 5.56 Å². The summed E-state index contributed by atoms with van der Waals surface area (Å²) >= 11 is 0. The molecule has 0 N–H and O–H groups in total. The number of nitrogens with zero attached hydrogens (tertiary/aromatic N) is 1. The Kier molecular flexibility index (Phi) is 6.91. The second-order valence-electron chi connectivity index (χ2n) is 5.66. The normalized spacial score (nSPS) is 10.7. The summed E-state index contributed by atoms with van der Waals surface area (Å²) in [6.07, 6.45) is 0. The van der Waals surface area contributed by atoms with Crippen LogP contribution in [-0.4, -0.2) is 38.7 Å². The fourth-order valence-electron chi connectivity index (χ4n) is 2.53. The molecule has 0 saturated carbocycles. The van der Waals surface area contributed by atoms with E-state index in [2.05, 4.69) is 4.74 Å². The maximum absolute atomic E-state index is 12.6. The number of alkyl halides is 2. The molecule has 0 atom stereocenters. The number of carbonyl (C=O) groups excluding carboxylic acids is 1. The molecule has 0 unspecified atom stereocenters. The van der Waals surface area contributed by atoms with E-state index in [9.17, 15) is 13.6 Å². The van der Waals surface area contributed by atoms with Crippen LogP contribution in [-0.2, 0) is 17.9 Å². The van der Waals surface area contributed by atoms with Crippen molar-refractivity contribution < 1.29 is 27.8 Å². The number of halogens is 2. The van der Waals surface area contributed by atoms with Gasteiger partial charge in [0, 0.05) is 26.3 Å². The first kappa shape index (κ1) is 19.7. The lowest BCUT2D eigenvalue weighted by Gasteiger charge is -2.19. The molecule has 0 fully saturated rings. The van der Waals surface area contributed by atoms with E-state index >= 15 is 0 Å². The first-order chi connectivity index (χ1) is 12.4. The summed E-state index contributed by atoms with van der Waals surface area (Å²) in [4.78, 5) is 14.1. The highest BCUT2D eigenvalue weighted by molar-refractivity contribution is 5.94. The first-order valence-corrected chi connectivity index (χ1v) is 7.89. The molecule has 7 heteroatoms. The van der Waals surface area contributed by atoms with Crippen LogP contribution < -0.4 is 9.47 Å². The molecule has 0 saturated heterocycles. The summed E-state index contributed by atoms with van der Waals surface area (Å²) < 4.78 is 39.6. The topological polar surface area (TPSA) is 48.0 Å². The van der Waals surface area contributed by atoms with Gasteiger partial charge in [-0.15, -0.1) is 0 Å². The van der Waals surface area contributed by atoms with Crippen LogP contribution in [0.2, 0.25) is 0 Å². The van der Waals surface area contributed by atoms with Gasteiger partial charge in [-0.25, -0.2) is 0 Å². The zero-order valence-electron chi connectivity index (χ0n) is 14.9. The van der Waals surface area contributed by atoms with Crippen molar-refractivity contribution in [3.05, 3.63) is 59.2 Å². The van der Waals surface area contributed by atoms with Crippen molar-refractivity contribution in [2.24, 2.45) is 0 Å². The molecule has 2 aromatic rings. The van der Waals surface area contributed by atoms with Crippen LogP contribution in [0.15, 0.2) is 42.5 Å². The zero-order valence-corrected chi connectivity index (χ0v) is 14.9. The minimum absolute atomic E-state index is 0.0667. The monoisotopic (exact) mass is 365 g/mol. The fraction of sp³-hybridized carbons (Fsp3) is 0.316. The molecule has 2 aromatic carbocycles. The minimum Gasteiger partial charge on any atom is -0.493 e. The highest BCUT2D eigenvalue weighted by Crippen LogP contribution is 2.30. The summed E-state index contributed by atoms with van der Waals surface area (Å²) in [5.41, 5.74) is 2.06. The fourth-order valence-corrected chi connectivity index (χ4v) is 2.53. The Labute approximate surface area is 151 Å². The number of ether oxygens (including phenoxy) is 3. The maximum atomic E-state index is 12.6. The van der Waals surface area contributed by atoms with Crippen LogP contribution in [0.4, 0.5) is 8.78 Å². The van der Waals surface area contributed by atoms with E-state index in [-0.39, 0.29) is 24.0 Å². The van der Waals surface area contributed by atoms with E-state index in [1.807, 2.05) is 6.07 Å². The first-order valence-electron chi connectivity index (χ1n) is 7.89. The summed E-state index contributed by atoms with van der Waals surface area (Å²) in [5.74, 6) is -0.0478. The Balaban J connectivity index is 2.14. The van der Waals surface area contributed by atoms with Crippen LogP contribution in [0.1, 0.15) is 21.5 Å². The highest BCUT2D eigenvalue weighted by Gasteiger charge is 2.15. The molecule has 26 heavy (non-hydrogen) atoms. The lowest BCUT2D eigenvalue weighted by Crippen LogP contribution is -2.26. The van der Waals surface area contributed by atoms with Crippen molar-refractivity contribution in [1.82, 2.24) is 4.90 Å². The molecule has 0 aliphatic heterocycles. The number of amides is 1. The lowest BCUT2D eigenvalue weighted by atomic mass is 10.1. The van der Waals surface area contributed by atoms with Gasteiger partial charge in [0.15, 0.2) is 11.5 Å². The lowest BCUT2D eigenvalue weighted by molar-refractivity contribution is -0.0512. The third-order valence-electron chi connectivity index (χ3n) is 3.70. The molecule has 0 radical (unpaired) electrons. The van der Waals surface area contributed by atoms with Crippen LogP contribution in [0.25, 0.3) is 0 Å². The van der Waals surface area contributed by atoms with Crippen molar-refractivity contribution in [3.8, 4) is 11.5 Å². The van der Waals surface area contributed by atoms with Crippen molar-refractivity contribution in [1.29, 1.82) is 0 Å². The van der Waals surface area contributed by atoms with Crippen LogP contribution in [0, 0.1) is 0 Å². The van der Waals surface area contributed by atoms with Crippen LogP contribution in [0.5, 0.6) is 11.5 Å². The van der Waals surface area contributed by atoms with Gasteiger partial charge in [0.05, 0.1) is 13.7 Å². The molecule has 0 aliphatic rings. The zero-order chi connectivity index (χ0) is 19.1. The third-order valence-corrected chi connectivity index (χ3v) is 3.70. The number of hydrogen-bond acceptors (Lipinski definition) is 4. The Hall–Kier alpha value is -2.67. The maximum Gasteiger partial charge on any atom is 0.387 e. The van der Waals surface area contributed by atoms with Gasteiger partial charge in [0.1, 0.15) is 0 Å². The standard InChI is InChI=1S/C19H21F2NO4/c1-22(18(23)15-6-4-5-14(9-15)12-24-2)11-13-7-8-16(25-3)17(10-13)26-19(20)21/h4-10,19H,11-12H2,1-3H3. The minimum atomic E-state index is -2.96. The van der Waals surface area contributed by atoms with Gasteiger partial charge >= 0.3 is 6.61 Å². The van der Waals surface area contributed by atoms with Gasteiger partial charge < -0.3 is 19.1 Å². The summed E-state index contributed by atoms with van der Waals surface area (Å²) in [6.45, 7) is -2.31. The van der Waals surface area contributed by atoms with Crippen molar-refractivity contribution in [2.75, 3.05) is 21.3 Å². The number of benzene rings is 2. The molecule has 0 bridgehead atoms. The van der Waals surface area contributed by atoms with Crippen molar-refractivity contribution in [2.45, 2.75) is 19.8 Å². The van der Waals surface area contributed by atoms with E-state index in [0.29, 0.717) is 17.7 Å². The van der Waals surface area contributed by atoms with E-state index in [1.165, 1.54) is 24.1 Å². The molecule has 0 aromatic heterocycles. The SMILES string of the molecule is COCc1cccc(C(=O)N(C)Cc2ccc(OC)c(OC(F)F)c2)c1. The quantitative estimate of drug-likeness (QED) is 0.715. The predicted molar refractivity (Wildman–Crippen MR) is 92.6 cm³/mol. The van der Waals surface area contributed by atoms with E-state index in [4.69, 9.17) is 9.47 Å². The molecule has 1 amide bonds. The van der Waals surface area contributed by atoms with Gasteiger partial charge in [-0.3, -0.25) is 4.79 Å². The molecule has 0 aliphatic carbocycles. The smallest absolute Gasteiger partial charge is 0.387 e. The number of rotatable bonds is 8. The highest BCUT2D eigenvalue weighted by atomic mass is 19.3. The van der Waals surface area contributed by atoms with Crippen LogP contribution in [0.3, 0.4) is 0 Å². The Morgan fingerprint density at radius 1 is 1.08 bits per heavy atom. The molecular formula is C19H21F2NO4. The second kappa shape index (κ2) is 9.15. The summed E-state index contributed by atoms with van der Waals surface area (Å²) in [6, 6.07) is 11.8. The van der Waals surface area contributed by atoms with Gasteiger partial charge in [-0.2, -0.15) is 8.78 Å². The number of hydrogen-bond donors (Lipinski definition) is 0. The van der Waals surface area contributed by atoms with Gasteiger partial charge in [0.25, 0.3) is 5.91 Å². The predicted octanol–water partition coefficient (Wildman–Crippen LogP) is 3.72. The van der Waals surface area contributed by atoms with Crippen LogP contribution >= 0.6 is 0 Å². The van der Waals surface area contributed by atoms with Crippen molar-refractivity contribution >= 4 is 5.91 Å². The molecule has 140 valence electrons. The Morgan fingerprint density at radius 3 is 2.50 bits per heavy atom. The Morgan fingerprint density at radius 2 is 1.85 bits per heavy atom. The average Bonchev–Trinajstić information content (AvgIpc) is 2.61. The summed E-state index contributed by atoms with van der Waals surface area (Å²) in [5, 5.41) is 0. The third kappa shape index (κ3) is 5.16. The largest absolute Gasteiger partial charge is 0.493 e. The molecular weight excluding hydrogens is 344 g/mol. The number of carbonyl (C=O) groups is 1. The van der Waals surface area contributed by atoms with Gasteiger partial charge in [-0.05, 0) is 35.4 Å². The molecule has 5 nitrogen and oxygen atoms in total. The average molecular weight is 365 g/mol.